The second-order valence-electron chi connectivity index (χ2n) is 8.94. The van der Waals surface area contributed by atoms with Crippen LogP contribution in [0.25, 0.3) is 0 Å². The van der Waals surface area contributed by atoms with Crippen molar-refractivity contribution in [3.63, 3.8) is 0 Å². The van der Waals surface area contributed by atoms with Crippen molar-refractivity contribution in [2.24, 2.45) is 0 Å². The van der Waals surface area contributed by atoms with Gasteiger partial charge in [-0.15, -0.1) is 0 Å². The van der Waals surface area contributed by atoms with Gasteiger partial charge in [-0.05, 0) is 86.0 Å². The summed E-state index contributed by atoms with van der Waals surface area (Å²) in [4.78, 5) is 7.32. The van der Waals surface area contributed by atoms with Crippen LogP contribution in [0.15, 0.2) is 48.7 Å². The van der Waals surface area contributed by atoms with E-state index in [0.717, 1.165) is 25.7 Å². The van der Waals surface area contributed by atoms with Crippen molar-refractivity contribution < 1.29 is 0 Å². The molecule has 0 saturated carbocycles. The molecule has 0 saturated heterocycles. The SMILES string of the molecule is CC(C)N1C=CC=CCC1.CC(C)N1CC=CCC1.CC(C)N1CC=CCCC1. The zero-order valence-corrected chi connectivity index (χ0v) is 20.1. The Labute approximate surface area is 181 Å². The summed E-state index contributed by atoms with van der Waals surface area (Å²) in [6.07, 6.45) is 22.7. The fourth-order valence-electron chi connectivity index (χ4n) is 3.49. The third kappa shape index (κ3) is 12.1. The molecule has 3 rings (SSSR count). The molecule has 0 aliphatic carbocycles. The molecule has 29 heavy (non-hydrogen) atoms. The van der Waals surface area contributed by atoms with Crippen LogP contribution in [0, 0.1) is 0 Å². The number of rotatable bonds is 3. The Morgan fingerprint density at radius 3 is 1.69 bits per heavy atom. The maximum atomic E-state index is 2.50. The first-order valence-corrected chi connectivity index (χ1v) is 11.8. The Bertz CT molecular complexity index is 514. The van der Waals surface area contributed by atoms with Crippen LogP contribution in [-0.2, 0) is 0 Å². The van der Waals surface area contributed by atoms with E-state index in [9.17, 15) is 0 Å². The summed E-state index contributed by atoms with van der Waals surface area (Å²) in [7, 11) is 0. The van der Waals surface area contributed by atoms with E-state index < -0.39 is 0 Å². The Balaban J connectivity index is 0.000000218. The number of hydrogen-bond acceptors (Lipinski definition) is 3. The first kappa shape index (κ1) is 25.7. The van der Waals surface area contributed by atoms with Crippen LogP contribution in [0.1, 0.15) is 67.2 Å². The van der Waals surface area contributed by atoms with Gasteiger partial charge in [-0.1, -0.05) is 36.5 Å². The summed E-state index contributed by atoms with van der Waals surface area (Å²) in [6.45, 7) is 19.4. The van der Waals surface area contributed by atoms with Crippen LogP contribution in [0.5, 0.6) is 0 Å². The molecule has 0 spiro atoms. The predicted octanol–water partition coefficient (Wildman–Crippen LogP) is 5.87. The summed E-state index contributed by atoms with van der Waals surface area (Å²) in [5.74, 6) is 0. The van der Waals surface area contributed by atoms with E-state index in [2.05, 4.69) is 105 Å². The molecular formula is C26H47N3. The lowest BCUT2D eigenvalue weighted by molar-refractivity contribution is 0.243. The Kier molecular flexibility index (Phi) is 13.8. The molecule has 0 bridgehead atoms. The molecule has 3 aliphatic heterocycles. The van der Waals surface area contributed by atoms with Crippen molar-refractivity contribution in [2.45, 2.75) is 85.4 Å². The molecule has 0 aromatic heterocycles. The summed E-state index contributed by atoms with van der Waals surface area (Å²) in [6, 6.07) is 2.06. The highest BCUT2D eigenvalue weighted by atomic mass is 15.1. The first-order chi connectivity index (χ1) is 13.9. The smallest absolute Gasteiger partial charge is 0.0227 e. The van der Waals surface area contributed by atoms with Crippen molar-refractivity contribution >= 4 is 0 Å². The molecule has 0 unspecified atom stereocenters. The van der Waals surface area contributed by atoms with E-state index in [4.69, 9.17) is 0 Å². The molecule has 0 atom stereocenters. The maximum Gasteiger partial charge on any atom is 0.0227 e. The van der Waals surface area contributed by atoms with Crippen molar-refractivity contribution in [1.29, 1.82) is 0 Å². The highest BCUT2D eigenvalue weighted by molar-refractivity contribution is 5.05. The second kappa shape index (κ2) is 15.5. The summed E-state index contributed by atoms with van der Waals surface area (Å²) in [5, 5.41) is 0. The monoisotopic (exact) mass is 401 g/mol. The topological polar surface area (TPSA) is 9.72 Å². The summed E-state index contributed by atoms with van der Waals surface area (Å²) >= 11 is 0. The molecule has 0 N–H and O–H groups in total. The molecule has 0 aromatic carbocycles. The van der Waals surface area contributed by atoms with E-state index in [1.54, 1.807) is 0 Å². The van der Waals surface area contributed by atoms with Gasteiger partial charge in [-0.25, -0.2) is 0 Å². The highest BCUT2D eigenvalue weighted by Gasteiger charge is 2.08. The number of allylic oxidation sites excluding steroid dienone is 3. The van der Waals surface area contributed by atoms with Gasteiger partial charge < -0.3 is 4.90 Å². The minimum atomic E-state index is 0.635. The Morgan fingerprint density at radius 1 is 0.552 bits per heavy atom. The minimum Gasteiger partial charge on any atom is -0.375 e. The molecule has 0 aromatic rings. The quantitative estimate of drug-likeness (QED) is 0.547. The van der Waals surface area contributed by atoms with Crippen molar-refractivity contribution in [3.8, 4) is 0 Å². The van der Waals surface area contributed by atoms with E-state index in [1.165, 1.54) is 38.8 Å². The first-order valence-electron chi connectivity index (χ1n) is 11.8. The minimum absolute atomic E-state index is 0.635. The van der Waals surface area contributed by atoms with Gasteiger partial charge in [0.2, 0.25) is 0 Å². The third-order valence-corrected chi connectivity index (χ3v) is 5.61. The van der Waals surface area contributed by atoms with Gasteiger partial charge in [0.05, 0.1) is 0 Å². The van der Waals surface area contributed by atoms with Gasteiger partial charge >= 0.3 is 0 Å². The van der Waals surface area contributed by atoms with E-state index in [-0.39, 0.29) is 0 Å². The highest BCUT2D eigenvalue weighted by Crippen LogP contribution is 2.06. The van der Waals surface area contributed by atoms with Gasteiger partial charge in [0.15, 0.2) is 0 Å². The van der Waals surface area contributed by atoms with Gasteiger partial charge in [-0.2, -0.15) is 0 Å². The Morgan fingerprint density at radius 2 is 1.14 bits per heavy atom. The van der Waals surface area contributed by atoms with Crippen LogP contribution >= 0.6 is 0 Å². The van der Waals surface area contributed by atoms with Gasteiger partial charge in [-0.3, -0.25) is 9.80 Å². The summed E-state index contributed by atoms with van der Waals surface area (Å²) < 4.78 is 0. The average molecular weight is 402 g/mol. The normalized spacial score (nSPS) is 20.2. The lowest BCUT2D eigenvalue weighted by Gasteiger charge is -2.26. The molecule has 0 fully saturated rings. The fourth-order valence-corrected chi connectivity index (χ4v) is 3.49. The lowest BCUT2D eigenvalue weighted by atomic mass is 10.2. The maximum absolute atomic E-state index is 2.50. The fraction of sp³-hybridized carbons (Fsp3) is 0.692. The second-order valence-corrected chi connectivity index (χ2v) is 8.94. The predicted molar refractivity (Wildman–Crippen MR) is 130 cm³/mol. The summed E-state index contributed by atoms with van der Waals surface area (Å²) in [5.41, 5.74) is 0. The standard InChI is InChI=1S/C9H17N.C9H15N.C8H15N/c2*1-9(2)10-7-5-3-4-6-8-10;1-8(2)9-6-4-3-5-7-9/h3,5,9H,4,6-8H2,1-2H3;3-5,7,9H,6,8H2,1-2H3;3-4,8H,5-7H2,1-2H3. The largest absolute Gasteiger partial charge is 0.375 e. The van der Waals surface area contributed by atoms with E-state index >= 15 is 0 Å². The lowest BCUT2D eigenvalue weighted by Crippen LogP contribution is -2.33. The average Bonchev–Trinajstić information content (AvgIpc) is 3.15. The molecule has 166 valence electrons. The Hall–Kier alpha value is -1.32. The number of nitrogens with zero attached hydrogens (tertiary/aromatic N) is 3. The van der Waals surface area contributed by atoms with E-state index in [1.807, 2.05) is 0 Å². The van der Waals surface area contributed by atoms with Crippen molar-refractivity contribution in [3.05, 3.63) is 48.7 Å². The molecular weight excluding hydrogens is 354 g/mol. The molecule has 3 nitrogen and oxygen atoms in total. The van der Waals surface area contributed by atoms with Gasteiger partial charge in [0.1, 0.15) is 0 Å². The van der Waals surface area contributed by atoms with Crippen molar-refractivity contribution in [1.82, 2.24) is 14.7 Å². The third-order valence-electron chi connectivity index (χ3n) is 5.61. The number of hydrogen-bond donors (Lipinski definition) is 0. The molecule has 0 radical (unpaired) electrons. The van der Waals surface area contributed by atoms with Crippen LogP contribution in [0.3, 0.4) is 0 Å². The molecule has 0 amide bonds. The molecule has 3 heterocycles. The zero-order chi connectivity index (χ0) is 21.5. The van der Waals surface area contributed by atoms with Crippen LogP contribution < -0.4 is 0 Å². The molecule has 3 heteroatoms. The van der Waals surface area contributed by atoms with Gasteiger partial charge in [0, 0.05) is 44.3 Å². The zero-order valence-electron chi connectivity index (χ0n) is 20.1. The van der Waals surface area contributed by atoms with E-state index in [0.29, 0.717) is 12.1 Å². The van der Waals surface area contributed by atoms with Crippen molar-refractivity contribution in [2.75, 3.05) is 32.7 Å². The van der Waals surface area contributed by atoms with Crippen LogP contribution in [-0.4, -0.2) is 65.5 Å². The molecule has 3 aliphatic rings. The van der Waals surface area contributed by atoms with Crippen LogP contribution in [0.4, 0.5) is 0 Å². The van der Waals surface area contributed by atoms with Gasteiger partial charge in [0.25, 0.3) is 0 Å². The van der Waals surface area contributed by atoms with Crippen LogP contribution in [0.2, 0.25) is 0 Å².